The second-order valence-corrected chi connectivity index (χ2v) is 6.34. The van der Waals surface area contributed by atoms with E-state index in [0.717, 1.165) is 15.9 Å². The smallest absolute Gasteiger partial charge is 0.320 e. The highest BCUT2D eigenvalue weighted by Gasteiger charge is 2.19. The van der Waals surface area contributed by atoms with E-state index in [2.05, 4.69) is 10.1 Å². The number of para-hydroxylation sites is 2. The molecule has 27 heavy (non-hydrogen) atoms. The Labute approximate surface area is 156 Å². The van der Waals surface area contributed by atoms with Crippen LogP contribution < -0.4 is 4.74 Å². The van der Waals surface area contributed by atoms with E-state index in [1.165, 1.54) is 0 Å². The number of imidazole rings is 1. The second kappa shape index (κ2) is 8.16. The third-order valence-electron chi connectivity index (χ3n) is 3.82. The molecule has 142 valence electrons. The standard InChI is InChI=1S/C20H21F2N3O2/c1-13(2)27-16-8-6-7-15(11-16)12-26-24-14(3)19-23-17-9-4-5-10-18(17)25(19)20(21)22/h4-11,13,20H,12H2,1-3H3/b24-14-. The number of aromatic nitrogens is 2. The number of ether oxygens (including phenoxy) is 1. The number of alkyl halides is 2. The van der Waals surface area contributed by atoms with Crippen LogP contribution in [-0.4, -0.2) is 21.4 Å². The normalized spacial score (nSPS) is 12.2. The Kier molecular flexibility index (Phi) is 5.69. The molecule has 0 fully saturated rings. The van der Waals surface area contributed by atoms with Gasteiger partial charge in [0.1, 0.15) is 18.1 Å². The van der Waals surface area contributed by atoms with Crippen LogP contribution in [0, 0.1) is 0 Å². The van der Waals surface area contributed by atoms with E-state index in [1.807, 2.05) is 38.1 Å². The summed E-state index contributed by atoms with van der Waals surface area (Å²) < 4.78 is 33.5. The van der Waals surface area contributed by atoms with Gasteiger partial charge >= 0.3 is 6.55 Å². The summed E-state index contributed by atoms with van der Waals surface area (Å²) >= 11 is 0. The van der Waals surface area contributed by atoms with Gasteiger partial charge < -0.3 is 9.57 Å². The van der Waals surface area contributed by atoms with Gasteiger partial charge in [0, 0.05) is 0 Å². The topological polar surface area (TPSA) is 48.6 Å². The first-order valence-corrected chi connectivity index (χ1v) is 8.63. The van der Waals surface area contributed by atoms with Gasteiger partial charge in [-0.2, -0.15) is 8.78 Å². The highest BCUT2D eigenvalue weighted by molar-refractivity contribution is 5.98. The molecule has 0 unspecified atom stereocenters. The summed E-state index contributed by atoms with van der Waals surface area (Å²) in [5.41, 5.74) is 1.99. The zero-order valence-electron chi connectivity index (χ0n) is 15.4. The summed E-state index contributed by atoms with van der Waals surface area (Å²) in [4.78, 5) is 9.62. The van der Waals surface area contributed by atoms with Crippen molar-refractivity contribution in [3.63, 3.8) is 0 Å². The molecule has 0 aliphatic heterocycles. The van der Waals surface area contributed by atoms with Gasteiger partial charge in [0.2, 0.25) is 0 Å². The molecule has 5 nitrogen and oxygen atoms in total. The second-order valence-electron chi connectivity index (χ2n) is 6.34. The van der Waals surface area contributed by atoms with Crippen LogP contribution in [-0.2, 0) is 11.4 Å². The number of benzene rings is 2. The third kappa shape index (κ3) is 4.42. The molecular formula is C20H21F2N3O2. The van der Waals surface area contributed by atoms with Crippen molar-refractivity contribution in [2.75, 3.05) is 0 Å². The van der Waals surface area contributed by atoms with Crippen molar-refractivity contribution in [1.29, 1.82) is 0 Å². The fourth-order valence-corrected chi connectivity index (χ4v) is 2.72. The van der Waals surface area contributed by atoms with E-state index in [9.17, 15) is 8.78 Å². The van der Waals surface area contributed by atoms with Crippen molar-refractivity contribution in [2.45, 2.75) is 40.0 Å². The maximum Gasteiger partial charge on any atom is 0.320 e. The summed E-state index contributed by atoms with van der Waals surface area (Å²) in [7, 11) is 0. The number of hydrogen-bond donors (Lipinski definition) is 0. The van der Waals surface area contributed by atoms with E-state index < -0.39 is 6.55 Å². The van der Waals surface area contributed by atoms with Crippen LogP contribution in [0.5, 0.6) is 5.75 Å². The van der Waals surface area contributed by atoms with Crippen molar-refractivity contribution in [2.24, 2.45) is 5.16 Å². The lowest BCUT2D eigenvalue weighted by atomic mass is 10.2. The van der Waals surface area contributed by atoms with Crippen LogP contribution in [0.2, 0.25) is 0 Å². The van der Waals surface area contributed by atoms with E-state index in [-0.39, 0.29) is 24.2 Å². The van der Waals surface area contributed by atoms with Gasteiger partial charge in [-0.05, 0) is 50.6 Å². The first-order valence-electron chi connectivity index (χ1n) is 8.63. The molecule has 0 bridgehead atoms. The van der Waals surface area contributed by atoms with Gasteiger partial charge in [0.05, 0.1) is 17.1 Å². The van der Waals surface area contributed by atoms with Crippen molar-refractivity contribution in [3.8, 4) is 5.75 Å². The predicted molar refractivity (Wildman–Crippen MR) is 100 cm³/mol. The molecule has 0 aliphatic rings. The molecule has 0 spiro atoms. The van der Waals surface area contributed by atoms with Crippen LogP contribution in [0.1, 0.15) is 38.7 Å². The van der Waals surface area contributed by atoms with Crippen molar-refractivity contribution >= 4 is 16.7 Å². The van der Waals surface area contributed by atoms with Gasteiger partial charge in [-0.3, -0.25) is 4.57 Å². The van der Waals surface area contributed by atoms with Crippen molar-refractivity contribution < 1.29 is 18.4 Å². The van der Waals surface area contributed by atoms with Crippen LogP contribution in [0.15, 0.2) is 53.7 Å². The molecule has 2 aromatic carbocycles. The highest BCUT2D eigenvalue weighted by atomic mass is 19.3. The van der Waals surface area contributed by atoms with Gasteiger partial charge in [0.15, 0.2) is 5.82 Å². The highest BCUT2D eigenvalue weighted by Crippen LogP contribution is 2.23. The Morgan fingerprint density at radius 3 is 2.67 bits per heavy atom. The summed E-state index contributed by atoms with van der Waals surface area (Å²) in [5, 5.41) is 3.98. The molecule has 7 heteroatoms. The minimum atomic E-state index is -2.72. The molecule has 0 N–H and O–H groups in total. The molecule has 0 saturated carbocycles. The number of nitrogens with zero attached hydrogens (tertiary/aromatic N) is 3. The average Bonchev–Trinajstić information content (AvgIpc) is 3.01. The van der Waals surface area contributed by atoms with Gasteiger partial charge in [-0.1, -0.05) is 29.4 Å². The summed E-state index contributed by atoms with van der Waals surface area (Å²) in [5.74, 6) is 0.828. The van der Waals surface area contributed by atoms with Crippen LogP contribution in [0.4, 0.5) is 8.78 Å². The molecule has 0 aliphatic carbocycles. The van der Waals surface area contributed by atoms with E-state index >= 15 is 0 Å². The Morgan fingerprint density at radius 2 is 1.93 bits per heavy atom. The van der Waals surface area contributed by atoms with Crippen molar-refractivity contribution in [1.82, 2.24) is 9.55 Å². The van der Waals surface area contributed by atoms with E-state index in [1.54, 1.807) is 31.2 Å². The predicted octanol–water partition coefficient (Wildman–Crippen LogP) is 5.16. The first-order chi connectivity index (χ1) is 13.0. The maximum atomic E-state index is 13.5. The molecule has 1 heterocycles. The lowest BCUT2D eigenvalue weighted by molar-refractivity contribution is 0.0736. The molecule has 3 aromatic rings. The maximum absolute atomic E-state index is 13.5. The van der Waals surface area contributed by atoms with Crippen LogP contribution in [0.3, 0.4) is 0 Å². The fraction of sp³-hybridized carbons (Fsp3) is 0.300. The van der Waals surface area contributed by atoms with Gasteiger partial charge in [-0.25, -0.2) is 4.98 Å². The minimum absolute atomic E-state index is 0.0729. The van der Waals surface area contributed by atoms with Gasteiger partial charge in [0.25, 0.3) is 0 Å². The number of halogens is 2. The summed E-state index contributed by atoms with van der Waals surface area (Å²) in [6.45, 7) is 2.97. The Morgan fingerprint density at radius 1 is 1.15 bits per heavy atom. The number of rotatable bonds is 7. The SMILES string of the molecule is C/C(=N/OCc1cccc(OC(C)C)c1)c1nc2ccccc2n1C(F)F. The Hall–Kier alpha value is -2.96. The number of fused-ring (bicyclic) bond motifs is 1. The van der Waals surface area contributed by atoms with Crippen molar-refractivity contribution in [3.05, 3.63) is 59.9 Å². The lowest BCUT2D eigenvalue weighted by Crippen LogP contribution is -2.10. The molecule has 0 saturated heterocycles. The van der Waals surface area contributed by atoms with Crippen LogP contribution >= 0.6 is 0 Å². The van der Waals surface area contributed by atoms with E-state index in [4.69, 9.17) is 9.57 Å². The molecular weight excluding hydrogens is 352 g/mol. The largest absolute Gasteiger partial charge is 0.491 e. The average molecular weight is 373 g/mol. The fourth-order valence-electron chi connectivity index (χ4n) is 2.72. The Balaban J connectivity index is 1.77. The summed E-state index contributed by atoms with van der Waals surface area (Å²) in [6, 6.07) is 14.2. The third-order valence-corrected chi connectivity index (χ3v) is 3.82. The molecule has 0 amide bonds. The van der Waals surface area contributed by atoms with Crippen LogP contribution in [0.25, 0.3) is 11.0 Å². The molecule has 3 rings (SSSR count). The zero-order valence-corrected chi connectivity index (χ0v) is 15.4. The number of hydrogen-bond acceptors (Lipinski definition) is 4. The monoisotopic (exact) mass is 373 g/mol. The molecule has 0 atom stereocenters. The number of oxime groups is 1. The quantitative estimate of drug-likeness (QED) is 0.425. The molecule has 0 radical (unpaired) electrons. The van der Waals surface area contributed by atoms with Gasteiger partial charge in [-0.15, -0.1) is 0 Å². The minimum Gasteiger partial charge on any atom is -0.491 e. The first kappa shape index (κ1) is 18.8. The summed E-state index contributed by atoms with van der Waals surface area (Å²) in [6.07, 6.45) is 0.0729. The molecule has 1 aromatic heterocycles. The van der Waals surface area contributed by atoms with E-state index in [0.29, 0.717) is 11.0 Å². The zero-order chi connectivity index (χ0) is 19.4. The Bertz CT molecular complexity index is 951. The lowest BCUT2D eigenvalue weighted by Gasteiger charge is -2.10.